The number of halogens is 3. The Labute approximate surface area is 102 Å². The van der Waals surface area contributed by atoms with Crippen LogP contribution >= 0.6 is 0 Å². The molecule has 18 heavy (non-hydrogen) atoms. The van der Waals surface area contributed by atoms with Crippen molar-refractivity contribution >= 4 is 0 Å². The van der Waals surface area contributed by atoms with Crippen LogP contribution in [0.2, 0.25) is 0 Å². The summed E-state index contributed by atoms with van der Waals surface area (Å²) in [6.45, 7) is -1.23. The van der Waals surface area contributed by atoms with Crippen LogP contribution in [0.5, 0.6) is 11.5 Å². The van der Waals surface area contributed by atoms with E-state index in [-0.39, 0.29) is 19.0 Å². The number of hydrogen-bond donors (Lipinski definition) is 1. The molecule has 0 unspecified atom stereocenters. The molecule has 0 saturated heterocycles. The number of methoxy groups -OCH3 is 1. The monoisotopic (exact) mass is 266 g/mol. The molecule has 0 aliphatic carbocycles. The molecule has 7 heteroatoms. The Kier molecular flexibility index (Phi) is 5.24. The summed E-state index contributed by atoms with van der Waals surface area (Å²) in [7, 11) is 1.40. The minimum atomic E-state index is -4.68. The van der Waals surface area contributed by atoms with Gasteiger partial charge in [0.05, 0.1) is 20.3 Å². The fraction of sp³-hybridized carbons (Fsp3) is 0.455. The van der Waals surface area contributed by atoms with E-state index in [1.807, 2.05) is 0 Å². The molecule has 1 aromatic rings. The fourth-order valence-corrected chi connectivity index (χ4v) is 1.31. The summed E-state index contributed by atoms with van der Waals surface area (Å²) in [5.41, 5.74) is 0.432. The molecule has 0 radical (unpaired) electrons. The number of aliphatic hydroxyl groups is 1. The molecular formula is C11H13F3O4. The van der Waals surface area contributed by atoms with Gasteiger partial charge in [0.1, 0.15) is 6.61 Å². The van der Waals surface area contributed by atoms with Crippen LogP contribution < -0.4 is 9.47 Å². The summed E-state index contributed by atoms with van der Waals surface area (Å²) in [6.07, 6.45) is -4.68. The van der Waals surface area contributed by atoms with Gasteiger partial charge in [-0.2, -0.15) is 0 Å². The SMILES string of the molecule is COc1cccc(CO)c1OCCOC(F)(F)F. The molecule has 0 aromatic heterocycles. The maximum atomic E-state index is 11.7. The first-order valence-electron chi connectivity index (χ1n) is 5.08. The van der Waals surface area contributed by atoms with Crippen LogP contribution in [0, 0.1) is 0 Å². The molecule has 0 heterocycles. The molecule has 0 amide bonds. The average Bonchev–Trinajstić information content (AvgIpc) is 2.33. The zero-order valence-corrected chi connectivity index (χ0v) is 9.66. The highest BCUT2D eigenvalue weighted by Gasteiger charge is 2.28. The van der Waals surface area contributed by atoms with Crippen molar-refractivity contribution in [1.29, 1.82) is 0 Å². The summed E-state index contributed by atoms with van der Waals surface area (Å²) in [4.78, 5) is 0. The van der Waals surface area contributed by atoms with E-state index < -0.39 is 13.0 Å². The predicted octanol–water partition coefficient (Wildman–Crippen LogP) is 2.10. The number of aliphatic hydroxyl groups excluding tert-OH is 1. The second kappa shape index (κ2) is 6.46. The third-order valence-electron chi connectivity index (χ3n) is 2.05. The van der Waals surface area contributed by atoms with Crippen LogP contribution in [0.3, 0.4) is 0 Å². The first kappa shape index (κ1) is 14.6. The van der Waals surface area contributed by atoms with Gasteiger partial charge in [0.15, 0.2) is 11.5 Å². The van der Waals surface area contributed by atoms with E-state index in [9.17, 15) is 13.2 Å². The summed E-state index contributed by atoms with van der Waals surface area (Å²) >= 11 is 0. The zero-order valence-electron chi connectivity index (χ0n) is 9.66. The normalized spacial score (nSPS) is 11.4. The van der Waals surface area contributed by atoms with E-state index in [1.165, 1.54) is 7.11 Å². The van der Waals surface area contributed by atoms with E-state index >= 15 is 0 Å². The lowest BCUT2D eigenvalue weighted by atomic mass is 10.2. The van der Waals surface area contributed by atoms with Gasteiger partial charge in [-0.3, -0.25) is 4.74 Å². The lowest BCUT2D eigenvalue weighted by molar-refractivity contribution is -0.325. The van der Waals surface area contributed by atoms with Crippen molar-refractivity contribution < 1.29 is 32.5 Å². The van der Waals surface area contributed by atoms with Gasteiger partial charge in [-0.15, -0.1) is 13.2 Å². The Morgan fingerprint density at radius 2 is 1.94 bits per heavy atom. The highest BCUT2D eigenvalue weighted by molar-refractivity contribution is 5.46. The molecule has 1 aromatic carbocycles. The number of para-hydroxylation sites is 1. The summed E-state index contributed by atoms with van der Waals surface area (Å²) < 4.78 is 48.9. The molecule has 1 rings (SSSR count). The molecule has 0 aliphatic rings. The molecule has 0 atom stereocenters. The molecule has 1 N–H and O–H groups in total. The molecule has 4 nitrogen and oxygen atoms in total. The molecule has 0 spiro atoms. The maximum Gasteiger partial charge on any atom is 0.522 e. The van der Waals surface area contributed by atoms with Crippen molar-refractivity contribution in [3.63, 3.8) is 0 Å². The van der Waals surface area contributed by atoms with Crippen molar-refractivity contribution in [1.82, 2.24) is 0 Å². The molecule has 102 valence electrons. The number of ether oxygens (including phenoxy) is 3. The van der Waals surface area contributed by atoms with Gasteiger partial charge < -0.3 is 14.6 Å². The Balaban J connectivity index is 2.60. The number of hydrogen-bond acceptors (Lipinski definition) is 4. The molecule has 0 aliphatic heterocycles. The molecular weight excluding hydrogens is 253 g/mol. The highest BCUT2D eigenvalue weighted by atomic mass is 19.4. The van der Waals surface area contributed by atoms with Gasteiger partial charge in [0, 0.05) is 5.56 Å². The Hall–Kier alpha value is -1.47. The van der Waals surface area contributed by atoms with E-state index in [1.54, 1.807) is 18.2 Å². The lowest BCUT2D eigenvalue weighted by Gasteiger charge is -2.14. The van der Waals surface area contributed by atoms with Crippen LogP contribution in [-0.4, -0.2) is 31.8 Å². The van der Waals surface area contributed by atoms with Crippen molar-refractivity contribution in [2.24, 2.45) is 0 Å². The fourth-order valence-electron chi connectivity index (χ4n) is 1.31. The van der Waals surface area contributed by atoms with Crippen molar-refractivity contribution in [2.45, 2.75) is 13.0 Å². The van der Waals surface area contributed by atoms with Crippen LogP contribution in [0.15, 0.2) is 18.2 Å². The second-order valence-corrected chi connectivity index (χ2v) is 3.25. The second-order valence-electron chi connectivity index (χ2n) is 3.25. The lowest BCUT2D eigenvalue weighted by Crippen LogP contribution is -2.18. The summed E-state index contributed by atoms with van der Waals surface area (Å²) in [5, 5.41) is 9.08. The first-order valence-corrected chi connectivity index (χ1v) is 5.08. The van der Waals surface area contributed by atoms with Crippen LogP contribution in [0.25, 0.3) is 0 Å². The van der Waals surface area contributed by atoms with Crippen LogP contribution in [0.1, 0.15) is 5.56 Å². The van der Waals surface area contributed by atoms with Gasteiger partial charge in [0.2, 0.25) is 0 Å². The number of rotatable bonds is 6. The van der Waals surface area contributed by atoms with Gasteiger partial charge >= 0.3 is 6.36 Å². The van der Waals surface area contributed by atoms with E-state index in [2.05, 4.69) is 4.74 Å². The third kappa shape index (κ3) is 4.42. The standard InChI is InChI=1S/C11H13F3O4/c1-16-9-4-2-3-8(7-15)10(9)17-5-6-18-11(12,13)14/h2-4,15H,5-7H2,1H3. The van der Waals surface area contributed by atoms with E-state index in [4.69, 9.17) is 14.6 Å². The van der Waals surface area contributed by atoms with Gasteiger partial charge in [0.25, 0.3) is 0 Å². The van der Waals surface area contributed by atoms with Crippen LogP contribution in [-0.2, 0) is 11.3 Å². The maximum absolute atomic E-state index is 11.7. The van der Waals surface area contributed by atoms with Gasteiger partial charge in [-0.1, -0.05) is 12.1 Å². The molecule has 0 saturated carbocycles. The van der Waals surface area contributed by atoms with Crippen molar-refractivity contribution in [3.05, 3.63) is 23.8 Å². The van der Waals surface area contributed by atoms with Crippen LogP contribution in [0.4, 0.5) is 13.2 Å². The Bertz CT molecular complexity index is 357. The largest absolute Gasteiger partial charge is 0.522 e. The Morgan fingerprint density at radius 3 is 2.50 bits per heavy atom. The van der Waals surface area contributed by atoms with E-state index in [0.29, 0.717) is 11.3 Å². The minimum absolute atomic E-state index is 0.216. The summed E-state index contributed by atoms with van der Waals surface area (Å²) in [5.74, 6) is 0.557. The number of benzene rings is 1. The minimum Gasteiger partial charge on any atom is -0.493 e. The third-order valence-corrected chi connectivity index (χ3v) is 2.05. The average molecular weight is 266 g/mol. The van der Waals surface area contributed by atoms with Crippen molar-refractivity contribution in [2.75, 3.05) is 20.3 Å². The first-order chi connectivity index (χ1) is 8.48. The quantitative estimate of drug-likeness (QED) is 0.801. The summed E-state index contributed by atoms with van der Waals surface area (Å²) in [6, 6.07) is 4.81. The highest BCUT2D eigenvalue weighted by Crippen LogP contribution is 2.31. The molecule has 0 bridgehead atoms. The predicted molar refractivity (Wildman–Crippen MR) is 56.4 cm³/mol. The van der Waals surface area contributed by atoms with Crippen molar-refractivity contribution in [3.8, 4) is 11.5 Å². The van der Waals surface area contributed by atoms with Gasteiger partial charge in [-0.05, 0) is 6.07 Å². The number of alkyl halides is 3. The van der Waals surface area contributed by atoms with E-state index in [0.717, 1.165) is 0 Å². The molecule has 0 fully saturated rings. The Morgan fingerprint density at radius 1 is 1.22 bits per heavy atom. The topological polar surface area (TPSA) is 47.9 Å². The smallest absolute Gasteiger partial charge is 0.493 e. The zero-order chi connectivity index (χ0) is 13.6. The van der Waals surface area contributed by atoms with Gasteiger partial charge in [-0.25, -0.2) is 0 Å².